The van der Waals surface area contributed by atoms with Crippen molar-refractivity contribution in [2.24, 2.45) is 0 Å². The minimum absolute atomic E-state index is 0.129. The second kappa shape index (κ2) is 9.34. The van der Waals surface area contributed by atoms with E-state index in [1.165, 1.54) is 9.13 Å². The van der Waals surface area contributed by atoms with Gasteiger partial charge in [0.2, 0.25) is 5.91 Å². The van der Waals surface area contributed by atoms with Crippen molar-refractivity contribution in [3.8, 4) is 0 Å². The van der Waals surface area contributed by atoms with E-state index in [0.717, 1.165) is 18.5 Å². The number of carbonyl (C=O) groups excluding carboxylic acids is 1. The summed E-state index contributed by atoms with van der Waals surface area (Å²) in [5, 5.41) is 3.27. The van der Waals surface area contributed by atoms with Gasteiger partial charge in [0.25, 0.3) is 5.56 Å². The van der Waals surface area contributed by atoms with Gasteiger partial charge in [-0.05, 0) is 44.8 Å². The normalized spacial score (nSPS) is 11.1. The molecule has 0 unspecified atom stereocenters. The molecular formula is C22H26N4O3. The largest absolute Gasteiger partial charge is 0.354 e. The van der Waals surface area contributed by atoms with Gasteiger partial charge < -0.3 is 10.2 Å². The maximum absolute atomic E-state index is 13.1. The molecule has 1 N–H and O–H groups in total. The van der Waals surface area contributed by atoms with Gasteiger partial charge in [0.05, 0.1) is 17.4 Å². The molecule has 0 bridgehead atoms. The molecule has 0 aliphatic carbocycles. The topological polar surface area (TPSA) is 76.3 Å². The summed E-state index contributed by atoms with van der Waals surface area (Å²) in [6.07, 6.45) is 0.821. The van der Waals surface area contributed by atoms with Crippen molar-refractivity contribution in [1.82, 2.24) is 19.4 Å². The Bertz CT molecular complexity index is 1100. The highest BCUT2D eigenvalue weighted by Crippen LogP contribution is 2.08. The first kappa shape index (κ1) is 20.5. The third-order valence-electron chi connectivity index (χ3n) is 4.72. The zero-order chi connectivity index (χ0) is 20.8. The molecule has 2 aromatic carbocycles. The lowest BCUT2D eigenvalue weighted by atomic mass is 10.2. The third-order valence-corrected chi connectivity index (χ3v) is 4.72. The number of hydrogen-bond donors (Lipinski definition) is 1. The van der Waals surface area contributed by atoms with Gasteiger partial charge in [0.1, 0.15) is 6.54 Å². The van der Waals surface area contributed by atoms with E-state index < -0.39 is 5.69 Å². The third kappa shape index (κ3) is 5.00. The van der Waals surface area contributed by atoms with Crippen LogP contribution >= 0.6 is 0 Å². The maximum Gasteiger partial charge on any atom is 0.332 e. The van der Waals surface area contributed by atoms with Crippen molar-refractivity contribution < 1.29 is 4.79 Å². The molecule has 0 saturated carbocycles. The summed E-state index contributed by atoms with van der Waals surface area (Å²) in [7, 11) is 3.95. The summed E-state index contributed by atoms with van der Waals surface area (Å²) >= 11 is 0. The second-order valence-electron chi connectivity index (χ2n) is 7.27. The molecule has 152 valence electrons. The first-order valence-corrected chi connectivity index (χ1v) is 9.65. The Labute approximate surface area is 169 Å². The fourth-order valence-corrected chi connectivity index (χ4v) is 3.25. The average molecular weight is 394 g/mol. The van der Waals surface area contributed by atoms with Crippen LogP contribution < -0.4 is 16.6 Å². The molecule has 1 amide bonds. The minimum atomic E-state index is -0.485. The first-order valence-electron chi connectivity index (χ1n) is 9.65. The molecule has 7 heteroatoms. The van der Waals surface area contributed by atoms with Crippen molar-refractivity contribution >= 4 is 16.8 Å². The maximum atomic E-state index is 13.1. The Kier molecular flexibility index (Phi) is 6.61. The summed E-state index contributed by atoms with van der Waals surface area (Å²) in [5.74, 6) is -0.249. The van der Waals surface area contributed by atoms with Crippen LogP contribution in [0.2, 0.25) is 0 Å². The van der Waals surface area contributed by atoms with E-state index in [0.29, 0.717) is 17.4 Å². The Morgan fingerprint density at radius 2 is 1.66 bits per heavy atom. The van der Waals surface area contributed by atoms with E-state index in [1.54, 1.807) is 24.3 Å². The summed E-state index contributed by atoms with van der Waals surface area (Å²) in [5.41, 5.74) is 0.481. The van der Waals surface area contributed by atoms with E-state index in [2.05, 4.69) is 5.32 Å². The van der Waals surface area contributed by atoms with E-state index in [1.807, 2.05) is 49.3 Å². The fourth-order valence-electron chi connectivity index (χ4n) is 3.25. The predicted molar refractivity (Wildman–Crippen MR) is 114 cm³/mol. The minimum Gasteiger partial charge on any atom is -0.354 e. The van der Waals surface area contributed by atoms with Crippen molar-refractivity contribution in [3.05, 3.63) is 81.0 Å². The van der Waals surface area contributed by atoms with Crippen LogP contribution in [0.3, 0.4) is 0 Å². The number of nitrogens with zero attached hydrogens (tertiary/aromatic N) is 3. The Balaban J connectivity index is 1.93. The van der Waals surface area contributed by atoms with Crippen molar-refractivity contribution in [1.29, 1.82) is 0 Å². The van der Waals surface area contributed by atoms with E-state index in [-0.39, 0.29) is 24.6 Å². The highest BCUT2D eigenvalue weighted by molar-refractivity contribution is 5.81. The number of rotatable bonds is 8. The molecule has 3 aromatic rings. The number of para-hydroxylation sites is 1. The molecule has 29 heavy (non-hydrogen) atoms. The van der Waals surface area contributed by atoms with Gasteiger partial charge in [-0.15, -0.1) is 0 Å². The highest BCUT2D eigenvalue weighted by atomic mass is 16.2. The van der Waals surface area contributed by atoms with Gasteiger partial charge in [-0.25, -0.2) is 4.79 Å². The van der Waals surface area contributed by atoms with Crippen LogP contribution in [0.15, 0.2) is 64.2 Å². The molecule has 0 aliphatic heterocycles. The smallest absolute Gasteiger partial charge is 0.332 e. The van der Waals surface area contributed by atoms with Crippen LogP contribution in [-0.2, 0) is 17.9 Å². The second-order valence-corrected chi connectivity index (χ2v) is 7.27. The molecule has 0 aliphatic rings. The zero-order valence-electron chi connectivity index (χ0n) is 16.8. The standard InChI is InChI=1S/C22H26N4O3/c1-24(2)14-8-13-23-20(27)16-25-19-12-7-6-11-18(19)21(28)26(22(25)29)15-17-9-4-3-5-10-17/h3-7,9-12H,8,13-16H2,1-2H3,(H,23,27). The molecule has 1 heterocycles. The van der Waals surface area contributed by atoms with Gasteiger partial charge in [0.15, 0.2) is 0 Å². The van der Waals surface area contributed by atoms with Gasteiger partial charge in [0, 0.05) is 6.54 Å². The van der Waals surface area contributed by atoms with E-state index >= 15 is 0 Å². The van der Waals surface area contributed by atoms with Crippen molar-refractivity contribution in [2.75, 3.05) is 27.2 Å². The Morgan fingerprint density at radius 3 is 2.38 bits per heavy atom. The summed E-state index contributed by atoms with van der Waals surface area (Å²) < 4.78 is 2.57. The molecule has 0 atom stereocenters. The molecule has 7 nitrogen and oxygen atoms in total. The van der Waals surface area contributed by atoms with Gasteiger partial charge in [-0.3, -0.25) is 18.7 Å². The number of hydrogen-bond acceptors (Lipinski definition) is 4. The Hall–Kier alpha value is -3.19. The van der Waals surface area contributed by atoms with Gasteiger partial charge in [-0.2, -0.15) is 0 Å². The monoisotopic (exact) mass is 394 g/mol. The number of fused-ring (bicyclic) bond motifs is 1. The van der Waals surface area contributed by atoms with Crippen LogP contribution in [0.5, 0.6) is 0 Å². The van der Waals surface area contributed by atoms with Crippen LogP contribution in [0.25, 0.3) is 10.9 Å². The zero-order valence-corrected chi connectivity index (χ0v) is 16.8. The number of amides is 1. The summed E-state index contributed by atoms with van der Waals surface area (Å²) in [4.78, 5) is 40.5. The fraction of sp³-hybridized carbons (Fsp3) is 0.318. The summed E-state index contributed by atoms with van der Waals surface area (Å²) in [6, 6.07) is 16.2. The van der Waals surface area contributed by atoms with Crippen LogP contribution in [0.1, 0.15) is 12.0 Å². The number of carbonyl (C=O) groups is 1. The van der Waals surface area contributed by atoms with Crippen molar-refractivity contribution in [3.63, 3.8) is 0 Å². The van der Waals surface area contributed by atoms with Crippen LogP contribution in [0, 0.1) is 0 Å². The Morgan fingerprint density at radius 1 is 0.966 bits per heavy atom. The lowest BCUT2D eigenvalue weighted by Crippen LogP contribution is -2.43. The molecular weight excluding hydrogens is 368 g/mol. The summed E-state index contributed by atoms with van der Waals surface area (Å²) in [6.45, 7) is 1.43. The molecule has 0 radical (unpaired) electrons. The van der Waals surface area contributed by atoms with Gasteiger partial charge >= 0.3 is 5.69 Å². The highest BCUT2D eigenvalue weighted by Gasteiger charge is 2.15. The molecule has 3 rings (SSSR count). The molecule has 0 fully saturated rings. The number of nitrogens with one attached hydrogen (secondary N) is 1. The predicted octanol–water partition coefficient (Wildman–Crippen LogP) is 1.28. The van der Waals surface area contributed by atoms with E-state index in [9.17, 15) is 14.4 Å². The van der Waals surface area contributed by atoms with Crippen LogP contribution in [-0.4, -0.2) is 47.1 Å². The quantitative estimate of drug-likeness (QED) is 0.584. The van der Waals surface area contributed by atoms with E-state index in [4.69, 9.17) is 0 Å². The average Bonchev–Trinajstić information content (AvgIpc) is 2.72. The molecule has 1 aromatic heterocycles. The lowest BCUT2D eigenvalue weighted by Gasteiger charge is -2.14. The van der Waals surface area contributed by atoms with Gasteiger partial charge in [-0.1, -0.05) is 42.5 Å². The van der Waals surface area contributed by atoms with Crippen molar-refractivity contribution in [2.45, 2.75) is 19.5 Å². The van der Waals surface area contributed by atoms with Crippen LogP contribution in [0.4, 0.5) is 0 Å². The number of aromatic nitrogens is 2. The number of benzene rings is 2. The molecule has 0 spiro atoms. The SMILES string of the molecule is CN(C)CCCNC(=O)Cn1c(=O)n(Cc2ccccc2)c(=O)c2ccccc21. The lowest BCUT2D eigenvalue weighted by molar-refractivity contribution is -0.121. The molecule has 0 saturated heterocycles. The first-order chi connectivity index (χ1) is 14.0.